The maximum absolute atomic E-state index is 13.9. The highest BCUT2D eigenvalue weighted by atomic mass is 32.1. The van der Waals surface area contributed by atoms with Crippen LogP contribution in [0.5, 0.6) is 0 Å². The number of aryl methyl sites for hydroxylation is 1. The number of benzene rings is 1. The van der Waals surface area contributed by atoms with E-state index in [1.807, 2.05) is 13.8 Å². The molecule has 19 heavy (non-hydrogen) atoms. The summed E-state index contributed by atoms with van der Waals surface area (Å²) in [5.74, 6) is -0.647. The Morgan fingerprint density at radius 2 is 1.89 bits per heavy atom. The van der Waals surface area contributed by atoms with Crippen LogP contribution in [0.15, 0.2) is 17.5 Å². The number of rotatable bonds is 3. The van der Waals surface area contributed by atoms with Gasteiger partial charge in [-0.1, -0.05) is 13.8 Å². The van der Waals surface area contributed by atoms with E-state index < -0.39 is 11.6 Å². The van der Waals surface area contributed by atoms with Crippen molar-refractivity contribution in [1.82, 2.24) is 4.98 Å². The Morgan fingerprint density at radius 3 is 2.53 bits per heavy atom. The highest BCUT2D eigenvalue weighted by molar-refractivity contribution is 7.10. The first kappa shape index (κ1) is 14.1. The molecule has 1 aromatic heterocycles. The Balaban J connectivity index is 2.41. The van der Waals surface area contributed by atoms with E-state index in [4.69, 9.17) is 5.73 Å². The third-order valence-corrected chi connectivity index (χ3v) is 4.00. The minimum Gasteiger partial charge on any atom is -0.322 e. The minimum atomic E-state index is -0.464. The van der Waals surface area contributed by atoms with Gasteiger partial charge in [0.15, 0.2) is 0 Å². The van der Waals surface area contributed by atoms with E-state index in [0.717, 1.165) is 5.01 Å². The SMILES string of the molecule is Cc1cc(F)c(-c2csc(C(N)C(C)C)n2)cc1F. The summed E-state index contributed by atoms with van der Waals surface area (Å²) >= 11 is 1.37. The zero-order valence-electron chi connectivity index (χ0n) is 11.1. The lowest BCUT2D eigenvalue weighted by atomic mass is 10.1. The molecule has 2 aromatic rings. The van der Waals surface area contributed by atoms with Crippen molar-refractivity contribution in [1.29, 1.82) is 0 Å². The van der Waals surface area contributed by atoms with Crippen LogP contribution in [0.2, 0.25) is 0 Å². The number of halogens is 2. The van der Waals surface area contributed by atoms with Crippen LogP contribution in [0.25, 0.3) is 11.3 Å². The molecule has 5 heteroatoms. The zero-order chi connectivity index (χ0) is 14.2. The standard InChI is InChI=1S/C14H16F2N2S/c1-7(2)13(17)14-18-12(6-19-14)9-5-10(15)8(3)4-11(9)16/h4-7,13H,17H2,1-3H3. The van der Waals surface area contributed by atoms with Gasteiger partial charge >= 0.3 is 0 Å². The molecule has 0 saturated carbocycles. The summed E-state index contributed by atoms with van der Waals surface area (Å²) in [6.07, 6.45) is 0. The third-order valence-electron chi connectivity index (χ3n) is 3.05. The van der Waals surface area contributed by atoms with E-state index in [1.165, 1.54) is 30.4 Å². The van der Waals surface area contributed by atoms with Crippen LogP contribution in [0.4, 0.5) is 8.78 Å². The van der Waals surface area contributed by atoms with Crippen molar-refractivity contribution in [3.8, 4) is 11.3 Å². The third kappa shape index (κ3) is 2.82. The Morgan fingerprint density at radius 1 is 1.21 bits per heavy atom. The molecule has 102 valence electrons. The molecule has 0 bridgehead atoms. The largest absolute Gasteiger partial charge is 0.322 e. The number of nitrogens with zero attached hydrogens (tertiary/aromatic N) is 1. The summed E-state index contributed by atoms with van der Waals surface area (Å²) in [6.45, 7) is 5.53. The molecule has 1 aromatic carbocycles. The van der Waals surface area contributed by atoms with Gasteiger partial charge in [-0.3, -0.25) is 0 Å². The first-order chi connectivity index (χ1) is 8.90. The van der Waals surface area contributed by atoms with E-state index >= 15 is 0 Å². The lowest BCUT2D eigenvalue weighted by molar-refractivity contribution is 0.512. The Kier molecular flexibility index (Phi) is 3.96. The molecule has 0 radical (unpaired) electrons. The van der Waals surface area contributed by atoms with E-state index in [0.29, 0.717) is 5.69 Å². The lowest BCUT2D eigenvalue weighted by Gasteiger charge is -2.11. The van der Waals surface area contributed by atoms with Crippen molar-refractivity contribution in [2.24, 2.45) is 11.7 Å². The summed E-state index contributed by atoms with van der Waals surface area (Å²) in [7, 11) is 0. The Bertz CT molecular complexity index is 593. The number of hydrogen-bond acceptors (Lipinski definition) is 3. The smallest absolute Gasteiger partial charge is 0.133 e. The molecule has 0 saturated heterocycles. The summed E-state index contributed by atoms with van der Waals surface area (Å²) in [5, 5.41) is 2.45. The fourth-order valence-corrected chi connectivity index (χ4v) is 2.68. The lowest BCUT2D eigenvalue weighted by Crippen LogP contribution is -2.16. The molecule has 0 aliphatic rings. The van der Waals surface area contributed by atoms with Crippen molar-refractivity contribution >= 4 is 11.3 Å². The number of thiazole rings is 1. The van der Waals surface area contributed by atoms with Crippen LogP contribution in [-0.4, -0.2) is 4.98 Å². The molecule has 0 amide bonds. The summed E-state index contributed by atoms with van der Waals surface area (Å²) in [5.41, 5.74) is 6.91. The van der Waals surface area contributed by atoms with Crippen LogP contribution in [0.3, 0.4) is 0 Å². The van der Waals surface area contributed by atoms with Crippen molar-refractivity contribution in [3.63, 3.8) is 0 Å². The monoisotopic (exact) mass is 282 g/mol. The highest BCUT2D eigenvalue weighted by Gasteiger charge is 2.17. The first-order valence-corrected chi connectivity index (χ1v) is 6.95. The molecule has 1 unspecified atom stereocenters. The van der Waals surface area contributed by atoms with Crippen molar-refractivity contribution < 1.29 is 8.78 Å². The second-order valence-electron chi connectivity index (χ2n) is 4.92. The van der Waals surface area contributed by atoms with Crippen LogP contribution in [0, 0.1) is 24.5 Å². The van der Waals surface area contributed by atoms with E-state index in [1.54, 1.807) is 5.38 Å². The fraction of sp³-hybridized carbons (Fsp3) is 0.357. The zero-order valence-corrected chi connectivity index (χ0v) is 11.9. The highest BCUT2D eigenvalue weighted by Crippen LogP contribution is 2.30. The number of hydrogen-bond donors (Lipinski definition) is 1. The van der Waals surface area contributed by atoms with Gasteiger partial charge < -0.3 is 5.73 Å². The van der Waals surface area contributed by atoms with Gasteiger partial charge in [-0.25, -0.2) is 13.8 Å². The molecule has 0 spiro atoms. The van der Waals surface area contributed by atoms with Crippen LogP contribution >= 0.6 is 11.3 Å². The molecule has 0 aliphatic carbocycles. The van der Waals surface area contributed by atoms with Crippen LogP contribution < -0.4 is 5.73 Å². The molecule has 1 atom stereocenters. The average Bonchev–Trinajstić information content (AvgIpc) is 2.81. The summed E-state index contributed by atoms with van der Waals surface area (Å²) in [4.78, 5) is 4.32. The molecule has 2 nitrogen and oxygen atoms in total. The minimum absolute atomic E-state index is 0.182. The first-order valence-electron chi connectivity index (χ1n) is 6.07. The summed E-state index contributed by atoms with van der Waals surface area (Å²) < 4.78 is 27.4. The van der Waals surface area contributed by atoms with Gasteiger partial charge in [0.25, 0.3) is 0 Å². The second kappa shape index (κ2) is 5.35. The maximum atomic E-state index is 13.9. The van der Waals surface area contributed by atoms with Gasteiger partial charge in [-0.05, 0) is 30.5 Å². The molecule has 0 fully saturated rings. The molecule has 2 N–H and O–H groups in total. The summed E-state index contributed by atoms with van der Waals surface area (Å²) in [6, 6.07) is 2.19. The predicted molar refractivity (Wildman–Crippen MR) is 74.0 cm³/mol. The quantitative estimate of drug-likeness (QED) is 0.922. The van der Waals surface area contributed by atoms with Gasteiger partial charge in [-0.2, -0.15) is 0 Å². The van der Waals surface area contributed by atoms with Gasteiger partial charge in [-0.15, -0.1) is 11.3 Å². The van der Waals surface area contributed by atoms with E-state index in [9.17, 15) is 8.78 Å². The molecule has 2 rings (SSSR count). The van der Waals surface area contributed by atoms with Gasteiger partial charge in [0.1, 0.15) is 16.6 Å². The van der Waals surface area contributed by atoms with Gasteiger partial charge in [0, 0.05) is 10.9 Å². The Hall–Kier alpha value is -1.33. The van der Waals surface area contributed by atoms with Gasteiger partial charge in [0.05, 0.1) is 11.7 Å². The number of nitrogens with two attached hydrogens (primary N) is 1. The second-order valence-corrected chi connectivity index (χ2v) is 5.81. The van der Waals surface area contributed by atoms with Crippen molar-refractivity contribution in [2.45, 2.75) is 26.8 Å². The topological polar surface area (TPSA) is 38.9 Å². The average molecular weight is 282 g/mol. The van der Waals surface area contributed by atoms with Crippen molar-refractivity contribution in [2.75, 3.05) is 0 Å². The van der Waals surface area contributed by atoms with E-state index in [2.05, 4.69) is 4.98 Å². The molecular weight excluding hydrogens is 266 g/mol. The predicted octanol–water partition coefficient (Wildman–Crippen LogP) is 4.05. The number of aromatic nitrogens is 1. The maximum Gasteiger partial charge on any atom is 0.133 e. The molecule has 0 aliphatic heterocycles. The van der Waals surface area contributed by atoms with Gasteiger partial charge in [0.2, 0.25) is 0 Å². The van der Waals surface area contributed by atoms with Crippen LogP contribution in [-0.2, 0) is 0 Å². The normalized spacial score (nSPS) is 13.0. The Labute approximate surface area is 115 Å². The molecule has 1 heterocycles. The van der Waals surface area contributed by atoms with E-state index in [-0.39, 0.29) is 23.1 Å². The molecular formula is C14H16F2N2S. The van der Waals surface area contributed by atoms with Crippen LogP contribution in [0.1, 0.15) is 30.5 Å². The fourth-order valence-electron chi connectivity index (χ4n) is 1.69. The van der Waals surface area contributed by atoms with Crippen molar-refractivity contribution in [3.05, 3.63) is 39.7 Å².